The number of allylic oxidation sites excluding steroid dienone is 2. The first-order valence-electron chi connectivity index (χ1n) is 11.8. The minimum atomic E-state index is -0.538. The predicted molar refractivity (Wildman–Crippen MR) is 132 cm³/mol. The number of hydrogen-bond donors (Lipinski definition) is 0. The Morgan fingerprint density at radius 1 is 0.848 bits per heavy atom. The number of nitrogens with zero attached hydrogens (tertiary/aromatic N) is 1. The van der Waals surface area contributed by atoms with E-state index in [1.54, 1.807) is 6.08 Å². The Labute approximate surface area is 196 Å². The average molecular weight is 444 g/mol. The standard InChI is InChI=1S/C29H33NO3/c1-28(2,3)23-16-20(19-10-7-6-8-11-19)14-15-25(23)30-26(32)18-24(27(30)33)29(4,5)21-12-9-13-22(31)17-21/h6-8,10-11,14-17,24H,9,12-13,18H2,1-5H3/t24-/m0/s1. The quantitative estimate of drug-likeness (QED) is 0.526. The molecule has 1 aliphatic heterocycles. The zero-order valence-corrected chi connectivity index (χ0v) is 20.3. The average Bonchev–Trinajstić information content (AvgIpc) is 3.08. The van der Waals surface area contributed by atoms with Gasteiger partial charge in [-0.2, -0.15) is 0 Å². The van der Waals surface area contributed by atoms with Crippen molar-refractivity contribution in [1.29, 1.82) is 0 Å². The van der Waals surface area contributed by atoms with Crippen molar-refractivity contribution in [1.82, 2.24) is 0 Å². The molecule has 33 heavy (non-hydrogen) atoms. The molecule has 0 unspecified atom stereocenters. The summed E-state index contributed by atoms with van der Waals surface area (Å²) in [5.74, 6) is -0.686. The second-order valence-corrected chi connectivity index (χ2v) is 10.9. The molecule has 1 aliphatic carbocycles. The lowest BCUT2D eigenvalue weighted by molar-refractivity contribution is -0.124. The van der Waals surface area contributed by atoms with Crippen LogP contribution in [-0.4, -0.2) is 17.6 Å². The number of hydrogen-bond acceptors (Lipinski definition) is 3. The van der Waals surface area contributed by atoms with Crippen LogP contribution in [0.2, 0.25) is 0 Å². The maximum absolute atomic E-state index is 13.7. The van der Waals surface area contributed by atoms with E-state index >= 15 is 0 Å². The van der Waals surface area contributed by atoms with E-state index in [-0.39, 0.29) is 29.4 Å². The lowest BCUT2D eigenvalue weighted by Gasteiger charge is -2.34. The highest BCUT2D eigenvalue weighted by molar-refractivity contribution is 6.21. The van der Waals surface area contributed by atoms with Crippen LogP contribution in [0.5, 0.6) is 0 Å². The second-order valence-electron chi connectivity index (χ2n) is 10.9. The monoisotopic (exact) mass is 443 g/mol. The number of imide groups is 1. The number of ketones is 1. The Bertz CT molecular complexity index is 1140. The van der Waals surface area contributed by atoms with Crippen molar-refractivity contribution in [2.75, 3.05) is 4.90 Å². The van der Waals surface area contributed by atoms with E-state index in [2.05, 4.69) is 39.0 Å². The van der Waals surface area contributed by atoms with Gasteiger partial charge in [0.15, 0.2) is 5.78 Å². The summed E-state index contributed by atoms with van der Waals surface area (Å²) < 4.78 is 0. The molecule has 0 bridgehead atoms. The number of carbonyl (C=O) groups is 3. The van der Waals surface area contributed by atoms with Crippen LogP contribution in [0.1, 0.15) is 65.9 Å². The number of rotatable bonds is 4. The van der Waals surface area contributed by atoms with Gasteiger partial charge in [0.2, 0.25) is 11.8 Å². The van der Waals surface area contributed by atoms with E-state index < -0.39 is 11.3 Å². The maximum atomic E-state index is 13.7. The van der Waals surface area contributed by atoms with Gasteiger partial charge in [-0.15, -0.1) is 0 Å². The van der Waals surface area contributed by atoms with E-state index in [4.69, 9.17) is 0 Å². The summed E-state index contributed by atoms with van der Waals surface area (Å²) >= 11 is 0. The summed E-state index contributed by atoms with van der Waals surface area (Å²) in [6.45, 7) is 10.3. The molecule has 0 aromatic heterocycles. The molecule has 0 N–H and O–H groups in total. The molecule has 0 saturated carbocycles. The fourth-order valence-corrected chi connectivity index (χ4v) is 5.11. The highest BCUT2D eigenvalue weighted by atomic mass is 16.2. The number of carbonyl (C=O) groups excluding carboxylic acids is 3. The van der Waals surface area contributed by atoms with Gasteiger partial charge in [0.25, 0.3) is 0 Å². The van der Waals surface area contributed by atoms with Crippen LogP contribution >= 0.6 is 0 Å². The minimum Gasteiger partial charge on any atom is -0.295 e. The van der Waals surface area contributed by atoms with Gasteiger partial charge in [0.05, 0.1) is 11.6 Å². The van der Waals surface area contributed by atoms with Crippen molar-refractivity contribution in [3.8, 4) is 11.1 Å². The zero-order chi connectivity index (χ0) is 24.0. The first-order valence-corrected chi connectivity index (χ1v) is 11.8. The molecule has 172 valence electrons. The summed E-state index contributed by atoms with van der Waals surface area (Å²) in [7, 11) is 0. The van der Waals surface area contributed by atoms with Crippen molar-refractivity contribution in [2.24, 2.45) is 11.3 Å². The van der Waals surface area contributed by atoms with Gasteiger partial charge in [-0.05, 0) is 58.6 Å². The lowest BCUT2D eigenvalue weighted by Crippen LogP contribution is -2.37. The molecule has 4 heteroatoms. The van der Waals surface area contributed by atoms with Crippen molar-refractivity contribution in [2.45, 2.75) is 65.7 Å². The van der Waals surface area contributed by atoms with E-state index in [0.717, 1.165) is 35.1 Å². The first kappa shape index (κ1) is 23.2. The molecule has 1 fully saturated rings. The predicted octanol–water partition coefficient (Wildman–Crippen LogP) is 6.24. The number of anilines is 1. The summed E-state index contributed by atoms with van der Waals surface area (Å²) in [6, 6.07) is 16.1. The highest BCUT2D eigenvalue weighted by Crippen LogP contribution is 2.47. The molecular formula is C29H33NO3. The van der Waals surface area contributed by atoms with Crippen LogP contribution in [0.25, 0.3) is 11.1 Å². The molecule has 0 radical (unpaired) electrons. The molecule has 1 saturated heterocycles. The molecule has 4 rings (SSSR count). The highest BCUT2D eigenvalue weighted by Gasteiger charge is 2.49. The third kappa shape index (κ3) is 4.31. The molecule has 2 aliphatic rings. The smallest absolute Gasteiger partial charge is 0.238 e. The molecule has 2 aromatic carbocycles. The molecule has 1 atom stereocenters. The minimum absolute atomic E-state index is 0.115. The summed E-state index contributed by atoms with van der Waals surface area (Å²) in [6.07, 6.45) is 4.05. The van der Waals surface area contributed by atoms with Crippen LogP contribution in [0.4, 0.5) is 5.69 Å². The lowest BCUT2D eigenvalue weighted by atomic mass is 9.69. The molecule has 2 aromatic rings. The normalized spacial score (nSPS) is 19.8. The summed E-state index contributed by atoms with van der Waals surface area (Å²) in [5.41, 5.74) is 3.99. The van der Waals surface area contributed by atoms with Crippen LogP contribution in [0.3, 0.4) is 0 Å². The Hall–Kier alpha value is -3.01. The molecule has 1 heterocycles. The van der Waals surface area contributed by atoms with Crippen molar-refractivity contribution in [3.63, 3.8) is 0 Å². The van der Waals surface area contributed by atoms with Gasteiger partial charge < -0.3 is 0 Å². The fourth-order valence-electron chi connectivity index (χ4n) is 5.11. The van der Waals surface area contributed by atoms with Gasteiger partial charge in [0, 0.05) is 12.8 Å². The van der Waals surface area contributed by atoms with Crippen LogP contribution in [-0.2, 0) is 19.8 Å². The molecule has 2 amide bonds. The zero-order valence-electron chi connectivity index (χ0n) is 20.3. The SMILES string of the molecule is CC(C)(C)c1cc(-c2ccccc2)ccc1N1C(=O)C[C@H](C(C)(C)C2=CC(=O)CCC2)C1=O. The first-order chi connectivity index (χ1) is 15.5. The Morgan fingerprint density at radius 3 is 2.18 bits per heavy atom. The summed E-state index contributed by atoms with van der Waals surface area (Å²) in [4.78, 5) is 40.4. The van der Waals surface area contributed by atoms with Crippen LogP contribution < -0.4 is 4.90 Å². The summed E-state index contributed by atoms with van der Waals surface area (Å²) in [5, 5.41) is 0. The third-order valence-corrected chi connectivity index (χ3v) is 7.20. The second kappa shape index (κ2) is 8.40. The molecule has 4 nitrogen and oxygen atoms in total. The van der Waals surface area contributed by atoms with E-state index in [1.165, 1.54) is 4.90 Å². The van der Waals surface area contributed by atoms with Crippen LogP contribution in [0.15, 0.2) is 60.2 Å². The topological polar surface area (TPSA) is 54.5 Å². The Morgan fingerprint density at radius 2 is 1.55 bits per heavy atom. The van der Waals surface area contributed by atoms with E-state index in [0.29, 0.717) is 12.1 Å². The van der Waals surface area contributed by atoms with E-state index in [1.807, 2.05) is 44.2 Å². The fraction of sp³-hybridized carbons (Fsp3) is 0.414. The van der Waals surface area contributed by atoms with Gasteiger partial charge in [0.1, 0.15) is 0 Å². The van der Waals surface area contributed by atoms with E-state index in [9.17, 15) is 14.4 Å². The Kier molecular flexibility index (Phi) is 5.90. The third-order valence-electron chi connectivity index (χ3n) is 7.20. The molecular weight excluding hydrogens is 410 g/mol. The largest absolute Gasteiger partial charge is 0.295 e. The number of amides is 2. The van der Waals surface area contributed by atoms with Gasteiger partial charge in [-0.3, -0.25) is 14.4 Å². The van der Waals surface area contributed by atoms with Crippen molar-refractivity contribution >= 4 is 23.3 Å². The Balaban J connectivity index is 1.74. The van der Waals surface area contributed by atoms with Crippen molar-refractivity contribution in [3.05, 3.63) is 65.7 Å². The van der Waals surface area contributed by atoms with Gasteiger partial charge >= 0.3 is 0 Å². The molecule has 0 spiro atoms. The van der Waals surface area contributed by atoms with Crippen molar-refractivity contribution < 1.29 is 14.4 Å². The van der Waals surface area contributed by atoms with Gasteiger partial charge in [-0.25, -0.2) is 4.90 Å². The van der Waals surface area contributed by atoms with Gasteiger partial charge in [-0.1, -0.05) is 76.6 Å². The number of benzene rings is 2. The van der Waals surface area contributed by atoms with Crippen LogP contribution in [0, 0.1) is 11.3 Å². The maximum Gasteiger partial charge on any atom is 0.238 e.